The fraction of sp³-hybridized carbons (Fsp3) is 0.160. The summed E-state index contributed by atoms with van der Waals surface area (Å²) in [5, 5.41) is 11.3. The second-order valence-corrected chi connectivity index (χ2v) is 7.60. The largest absolute Gasteiger partial charge is 0.507 e. The van der Waals surface area contributed by atoms with Crippen LogP contribution in [0.25, 0.3) is 5.76 Å². The van der Waals surface area contributed by atoms with Gasteiger partial charge in [-0.25, -0.2) is 4.39 Å². The normalized spacial score (nSPS) is 17.6. The Morgan fingerprint density at radius 2 is 1.91 bits per heavy atom. The smallest absolute Gasteiger partial charge is 0.300 e. The summed E-state index contributed by atoms with van der Waals surface area (Å²) in [7, 11) is 1.47. The second-order valence-electron chi connectivity index (χ2n) is 7.60. The zero-order valence-corrected chi connectivity index (χ0v) is 17.8. The number of anilines is 1. The molecule has 1 atom stereocenters. The molecule has 4 rings (SSSR count). The highest BCUT2D eigenvalue weighted by Gasteiger charge is 2.47. The van der Waals surface area contributed by atoms with Crippen LogP contribution in [0.5, 0.6) is 5.75 Å². The molecule has 1 amide bonds. The van der Waals surface area contributed by atoms with Crippen molar-refractivity contribution in [2.75, 3.05) is 12.0 Å². The minimum atomic E-state index is -0.990. The molecule has 0 saturated carbocycles. The number of pyridine rings is 1. The van der Waals surface area contributed by atoms with Gasteiger partial charge < -0.3 is 9.84 Å². The Labute approximate surface area is 184 Å². The lowest BCUT2D eigenvalue weighted by Gasteiger charge is -2.25. The number of halogens is 1. The summed E-state index contributed by atoms with van der Waals surface area (Å²) in [5.41, 5.74) is 2.51. The number of aryl methyl sites for hydroxylation is 2. The summed E-state index contributed by atoms with van der Waals surface area (Å²) >= 11 is 0. The van der Waals surface area contributed by atoms with Crippen molar-refractivity contribution in [3.8, 4) is 5.75 Å². The van der Waals surface area contributed by atoms with Gasteiger partial charge in [0.1, 0.15) is 17.3 Å². The molecule has 0 aliphatic carbocycles. The van der Waals surface area contributed by atoms with E-state index >= 15 is 0 Å². The molecule has 1 fully saturated rings. The molecule has 162 valence electrons. The van der Waals surface area contributed by atoms with Gasteiger partial charge in [0.05, 0.1) is 24.3 Å². The summed E-state index contributed by atoms with van der Waals surface area (Å²) in [6, 6.07) is 11.4. The molecule has 1 aliphatic heterocycles. The maximum Gasteiger partial charge on any atom is 0.300 e. The molecule has 6 nitrogen and oxygen atoms in total. The van der Waals surface area contributed by atoms with Crippen LogP contribution in [0, 0.1) is 19.7 Å². The first-order chi connectivity index (χ1) is 15.3. The second kappa shape index (κ2) is 8.26. The number of rotatable bonds is 4. The van der Waals surface area contributed by atoms with Gasteiger partial charge in [-0.15, -0.1) is 0 Å². The van der Waals surface area contributed by atoms with E-state index < -0.39 is 23.5 Å². The lowest BCUT2D eigenvalue weighted by Crippen LogP contribution is -2.29. The van der Waals surface area contributed by atoms with Gasteiger partial charge in [0, 0.05) is 18.1 Å². The van der Waals surface area contributed by atoms with Crippen molar-refractivity contribution >= 4 is 23.1 Å². The number of hydrogen-bond donors (Lipinski definition) is 1. The summed E-state index contributed by atoms with van der Waals surface area (Å²) in [5.74, 6) is -2.25. The zero-order chi connectivity index (χ0) is 23.0. The summed E-state index contributed by atoms with van der Waals surface area (Å²) in [4.78, 5) is 31.6. The first-order valence-corrected chi connectivity index (χ1v) is 9.95. The average Bonchev–Trinajstić information content (AvgIpc) is 3.04. The van der Waals surface area contributed by atoms with E-state index in [1.807, 2.05) is 19.9 Å². The Morgan fingerprint density at radius 1 is 1.12 bits per heavy atom. The Bertz CT molecular complexity index is 1250. The number of methoxy groups -OCH3 is 1. The molecule has 2 heterocycles. The quantitative estimate of drug-likeness (QED) is 0.374. The topological polar surface area (TPSA) is 79.7 Å². The Morgan fingerprint density at radius 3 is 2.56 bits per heavy atom. The molecular formula is C25H21FN2O4. The van der Waals surface area contributed by atoms with E-state index in [2.05, 4.69) is 4.98 Å². The first kappa shape index (κ1) is 21.2. The molecule has 2 aromatic carbocycles. The van der Waals surface area contributed by atoms with E-state index in [0.717, 1.165) is 11.1 Å². The van der Waals surface area contributed by atoms with Crippen LogP contribution in [0.2, 0.25) is 0 Å². The number of ether oxygens (including phenoxy) is 1. The van der Waals surface area contributed by atoms with E-state index in [9.17, 15) is 19.1 Å². The minimum Gasteiger partial charge on any atom is -0.507 e. The number of aromatic nitrogens is 1. The molecule has 1 unspecified atom stereocenters. The monoisotopic (exact) mass is 432 g/mol. The van der Waals surface area contributed by atoms with Crippen LogP contribution in [0.4, 0.5) is 10.1 Å². The predicted molar refractivity (Wildman–Crippen MR) is 118 cm³/mol. The molecule has 7 heteroatoms. The highest BCUT2D eigenvalue weighted by atomic mass is 19.1. The van der Waals surface area contributed by atoms with Crippen molar-refractivity contribution in [1.82, 2.24) is 4.98 Å². The standard InChI is InChI=1S/C25H21FN2O4/c1-14-10-15(2)24(32-3)19(11-14)22(29)20-21(16-6-5-9-27-13-16)28(25(31)23(20)30)18-8-4-7-17(26)12-18/h4-13,21,29H,1-3H3/b22-20+. The number of amides is 1. The van der Waals surface area contributed by atoms with Gasteiger partial charge in [0.15, 0.2) is 0 Å². The molecule has 1 N–H and O–H groups in total. The van der Waals surface area contributed by atoms with Crippen molar-refractivity contribution in [3.05, 3.63) is 94.6 Å². The molecule has 1 aromatic heterocycles. The third kappa shape index (κ3) is 3.51. The molecule has 3 aromatic rings. The number of benzene rings is 2. The molecule has 1 aliphatic rings. The number of hydrogen-bond acceptors (Lipinski definition) is 5. The van der Waals surface area contributed by atoms with E-state index in [1.165, 1.54) is 42.5 Å². The number of ketones is 1. The zero-order valence-electron chi connectivity index (χ0n) is 17.8. The van der Waals surface area contributed by atoms with Gasteiger partial charge in [0.2, 0.25) is 0 Å². The van der Waals surface area contributed by atoms with Crippen LogP contribution < -0.4 is 9.64 Å². The fourth-order valence-corrected chi connectivity index (χ4v) is 4.12. The van der Waals surface area contributed by atoms with Crippen LogP contribution in [-0.4, -0.2) is 28.9 Å². The number of aliphatic hydroxyl groups is 1. The van der Waals surface area contributed by atoms with Crippen LogP contribution in [-0.2, 0) is 9.59 Å². The van der Waals surface area contributed by atoms with Crippen molar-refractivity contribution in [2.24, 2.45) is 0 Å². The average molecular weight is 432 g/mol. The van der Waals surface area contributed by atoms with Crippen molar-refractivity contribution in [3.63, 3.8) is 0 Å². The first-order valence-electron chi connectivity index (χ1n) is 9.95. The lowest BCUT2D eigenvalue weighted by molar-refractivity contribution is -0.132. The third-order valence-electron chi connectivity index (χ3n) is 5.41. The molecular weight excluding hydrogens is 411 g/mol. The number of Topliss-reactive ketones (excluding diaryl/α,β-unsaturated/α-hetero) is 1. The third-order valence-corrected chi connectivity index (χ3v) is 5.41. The summed E-state index contributed by atoms with van der Waals surface area (Å²) in [6.07, 6.45) is 3.07. The molecule has 0 bridgehead atoms. The van der Waals surface area contributed by atoms with E-state index in [0.29, 0.717) is 16.9 Å². The predicted octanol–water partition coefficient (Wildman–Crippen LogP) is 4.47. The number of carbonyl (C=O) groups is 2. The highest BCUT2D eigenvalue weighted by molar-refractivity contribution is 6.51. The van der Waals surface area contributed by atoms with Crippen LogP contribution >= 0.6 is 0 Å². The van der Waals surface area contributed by atoms with Crippen LogP contribution in [0.3, 0.4) is 0 Å². The van der Waals surface area contributed by atoms with Gasteiger partial charge in [-0.2, -0.15) is 0 Å². The summed E-state index contributed by atoms with van der Waals surface area (Å²) < 4.78 is 19.4. The van der Waals surface area contributed by atoms with Crippen molar-refractivity contribution in [2.45, 2.75) is 19.9 Å². The number of nitrogens with zero attached hydrogens (tertiary/aromatic N) is 2. The maximum absolute atomic E-state index is 14.0. The van der Waals surface area contributed by atoms with Gasteiger partial charge in [-0.3, -0.25) is 19.5 Å². The Kier molecular flexibility index (Phi) is 5.48. The van der Waals surface area contributed by atoms with E-state index in [1.54, 1.807) is 24.4 Å². The van der Waals surface area contributed by atoms with Crippen LogP contribution in [0.1, 0.15) is 28.3 Å². The Balaban J connectivity index is 2.01. The summed E-state index contributed by atoms with van der Waals surface area (Å²) in [6.45, 7) is 3.68. The van der Waals surface area contributed by atoms with E-state index in [4.69, 9.17) is 4.74 Å². The van der Waals surface area contributed by atoms with Crippen molar-refractivity contribution in [1.29, 1.82) is 0 Å². The Hall–Kier alpha value is -4.00. The molecule has 0 radical (unpaired) electrons. The van der Waals surface area contributed by atoms with Crippen LogP contribution in [0.15, 0.2) is 66.5 Å². The lowest BCUT2D eigenvalue weighted by atomic mass is 9.94. The van der Waals surface area contributed by atoms with Gasteiger partial charge >= 0.3 is 0 Å². The SMILES string of the molecule is COc1c(C)cc(C)cc1/C(O)=C1\C(=O)C(=O)N(c2cccc(F)c2)C1c1cccnc1. The molecule has 0 spiro atoms. The molecule has 1 saturated heterocycles. The minimum absolute atomic E-state index is 0.115. The molecule has 32 heavy (non-hydrogen) atoms. The fourth-order valence-electron chi connectivity index (χ4n) is 4.12. The maximum atomic E-state index is 14.0. The number of carbonyl (C=O) groups excluding carboxylic acids is 2. The highest BCUT2D eigenvalue weighted by Crippen LogP contribution is 2.43. The number of aliphatic hydroxyl groups excluding tert-OH is 1. The van der Waals surface area contributed by atoms with Gasteiger partial charge in [0.25, 0.3) is 11.7 Å². The van der Waals surface area contributed by atoms with E-state index in [-0.39, 0.29) is 17.0 Å². The van der Waals surface area contributed by atoms with Crippen molar-refractivity contribution < 1.29 is 23.8 Å². The van der Waals surface area contributed by atoms with Gasteiger partial charge in [-0.05, 0) is 60.9 Å². The van der Waals surface area contributed by atoms with Gasteiger partial charge in [-0.1, -0.05) is 18.2 Å².